The van der Waals surface area contributed by atoms with Gasteiger partial charge in [-0.2, -0.15) is 0 Å². The molecule has 1 aliphatic carbocycles. The average molecular weight is 224 g/mol. The fourth-order valence-electron chi connectivity index (χ4n) is 2.92. The summed E-state index contributed by atoms with van der Waals surface area (Å²) in [6.07, 6.45) is 0.363. The Hall–Kier alpha value is -1.72. The van der Waals surface area contributed by atoms with E-state index >= 15 is 0 Å². The third kappa shape index (κ3) is 0.963. The van der Waals surface area contributed by atoms with E-state index in [-0.39, 0.29) is 12.8 Å². The fraction of sp³-hybridized carbons (Fsp3) is 0.600. The van der Waals surface area contributed by atoms with Crippen molar-refractivity contribution in [3.05, 3.63) is 0 Å². The summed E-state index contributed by atoms with van der Waals surface area (Å²) in [6, 6.07) is 0. The minimum absolute atomic E-state index is 0.116. The molecule has 16 heavy (non-hydrogen) atoms. The highest BCUT2D eigenvalue weighted by molar-refractivity contribution is 6.04. The van der Waals surface area contributed by atoms with Crippen molar-refractivity contribution in [1.82, 2.24) is 0 Å². The minimum Gasteiger partial charge on any atom is -0.393 e. The first-order chi connectivity index (χ1) is 7.53. The van der Waals surface area contributed by atoms with Crippen LogP contribution in [0.3, 0.4) is 0 Å². The second kappa shape index (κ2) is 2.69. The second-order valence-electron chi connectivity index (χ2n) is 4.52. The molecule has 2 aliphatic heterocycles. The van der Waals surface area contributed by atoms with Crippen LogP contribution in [0.5, 0.6) is 0 Å². The summed E-state index contributed by atoms with van der Waals surface area (Å²) >= 11 is 0. The molecule has 2 saturated heterocycles. The highest BCUT2D eigenvalue weighted by atomic mass is 16.6. The van der Waals surface area contributed by atoms with Crippen molar-refractivity contribution in [2.45, 2.75) is 19.3 Å². The molecule has 6 heteroatoms. The molecule has 84 valence electrons. The van der Waals surface area contributed by atoms with Crippen LogP contribution >= 0.6 is 0 Å². The molecule has 0 aromatic rings. The number of rotatable bonds is 0. The molecule has 1 saturated carbocycles. The lowest BCUT2D eigenvalue weighted by atomic mass is 9.76. The summed E-state index contributed by atoms with van der Waals surface area (Å²) < 4.78 is 9.04. The molecule has 3 fully saturated rings. The molecule has 0 unspecified atom stereocenters. The Morgan fingerprint density at radius 3 is 2.44 bits per heavy atom. The van der Waals surface area contributed by atoms with E-state index in [0.29, 0.717) is 6.42 Å². The van der Waals surface area contributed by atoms with Crippen LogP contribution in [0.25, 0.3) is 0 Å². The maximum atomic E-state index is 11.6. The molecule has 0 N–H and O–H groups in total. The summed E-state index contributed by atoms with van der Waals surface area (Å²) in [7, 11) is 0. The Bertz CT molecular complexity index is 439. The van der Waals surface area contributed by atoms with Crippen molar-refractivity contribution >= 4 is 23.9 Å². The first kappa shape index (κ1) is 9.50. The van der Waals surface area contributed by atoms with Gasteiger partial charge >= 0.3 is 23.9 Å². The molecule has 0 radical (unpaired) electrons. The third-order valence-corrected chi connectivity index (χ3v) is 3.69. The van der Waals surface area contributed by atoms with Gasteiger partial charge in [0.1, 0.15) is 0 Å². The smallest absolute Gasteiger partial charge is 0.321 e. The van der Waals surface area contributed by atoms with Crippen molar-refractivity contribution in [3.63, 3.8) is 0 Å². The quantitative estimate of drug-likeness (QED) is 0.409. The van der Waals surface area contributed by atoms with Crippen molar-refractivity contribution in [1.29, 1.82) is 0 Å². The van der Waals surface area contributed by atoms with Gasteiger partial charge in [0.25, 0.3) is 0 Å². The van der Waals surface area contributed by atoms with E-state index in [2.05, 4.69) is 9.47 Å². The van der Waals surface area contributed by atoms with Crippen molar-refractivity contribution in [2.75, 3.05) is 0 Å². The molecule has 6 nitrogen and oxygen atoms in total. The number of hydrogen-bond acceptors (Lipinski definition) is 6. The van der Waals surface area contributed by atoms with Crippen LogP contribution in [0.4, 0.5) is 0 Å². The molecule has 2 heterocycles. The van der Waals surface area contributed by atoms with E-state index in [0.717, 1.165) is 0 Å². The fourth-order valence-corrected chi connectivity index (χ4v) is 2.92. The topological polar surface area (TPSA) is 86.7 Å². The summed E-state index contributed by atoms with van der Waals surface area (Å²) in [4.78, 5) is 45.6. The van der Waals surface area contributed by atoms with Crippen LogP contribution in [0.2, 0.25) is 0 Å². The van der Waals surface area contributed by atoms with Gasteiger partial charge in [0.05, 0.1) is 23.7 Å². The van der Waals surface area contributed by atoms with Gasteiger partial charge in [0.2, 0.25) is 0 Å². The van der Waals surface area contributed by atoms with E-state index in [1.807, 2.05) is 0 Å². The number of esters is 4. The summed E-state index contributed by atoms with van der Waals surface area (Å²) in [6.45, 7) is 0. The Balaban J connectivity index is 2.05. The molecule has 0 aromatic heterocycles. The maximum absolute atomic E-state index is 11.6. The van der Waals surface area contributed by atoms with Crippen molar-refractivity contribution in [2.24, 2.45) is 17.3 Å². The molecule has 2 bridgehead atoms. The van der Waals surface area contributed by atoms with E-state index in [1.54, 1.807) is 0 Å². The third-order valence-electron chi connectivity index (χ3n) is 3.69. The van der Waals surface area contributed by atoms with E-state index in [1.165, 1.54) is 0 Å². The van der Waals surface area contributed by atoms with Gasteiger partial charge < -0.3 is 9.47 Å². The van der Waals surface area contributed by atoms with Crippen LogP contribution < -0.4 is 0 Å². The van der Waals surface area contributed by atoms with Crippen LogP contribution in [0.1, 0.15) is 19.3 Å². The van der Waals surface area contributed by atoms with E-state index in [9.17, 15) is 19.2 Å². The zero-order valence-electron chi connectivity index (χ0n) is 8.23. The molecular weight excluding hydrogens is 216 g/mol. The highest BCUT2D eigenvalue weighted by Crippen LogP contribution is 2.55. The average Bonchev–Trinajstić information content (AvgIpc) is 2.66. The Kier molecular flexibility index (Phi) is 1.60. The number of carbonyl (C=O) groups is 4. The number of ether oxygens (including phenoxy) is 2. The predicted molar refractivity (Wildman–Crippen MR) is 45.5 cm³/mol. The van der Waals surface area contributed by atoms with Crippen molar-refractivity contribution in [3.8, 4) is 0 Å². The summed E-state index contributed by atoms with van der Waals surface area (Å²) in [5.74, 6) is -3.76. The van der Waals surface area contributed by atoms with Crippen LogP contribution in [-0.2, 0) is 28.7 Å². The first-order valence-electron chi connectivity index (χ1n) is 5.03. The van der Waals surface area contributed by atoms with Gasteiger partial charge in [-0.15, -0.1) is 0 Å². The minimum atomic E-state index is -1.13. The number of carbonyl (C=O) groups excluding carboxylic acids is 4. The molecular formula is C10H8O6. The lowest BCUT2D eigenvalue weighted by Gasteiger charge is -2.23. The summed E-state index contributed by atoms with van der Waals surface area (Å²) in [5, 5.41) is 0. The van der Waals surface area contributed by atoms with Gasteiger partial charge in [0, 0.05) is 0 Å². The van der Waals surface area contributed by atoms with Gasteiger partial charge in [-0.05, 0) is 12.8 Å². The normalized spacial score (nSPS) is 41.5. The van der Waals surface area contributed by atoms with Crippen LogP contribution in [-0.4, -0.2) is 23.9 Å². The summed E-state index contributed by atoms with van der Waals surface area (Å²) in [5.41, 5.74) is -1.13. The number of cyclic esters (lactones) is 4. The monoisotopic (exact) mass is 224 g/mol. The van der Waals surface area contributed by atoms with Gasteiger partial charge in [0.15, 0.2) is 0 Å². The molecule has 0 amide bonds. The van der Waals surface area contributed by atoms with Gasteiger partial charge in [-0.3, -0.25) is 19.2 Å². The lowest BCUT2D eigenvalue weighted by Crippen LogP contribution is -2.37. The molecule has 3 aliphatic rings. The predicted octanol–water partition coefficient (Wildman–Crippen LogP) is -0.444. The zero-order chi connectivity index (χ0) is 11.5. The Labute approximate surface area is 89.9 Å². The van der Waals surface area contributed by atoms with Gasteiger partial charge in [-0.25, -0.2) is 0 Å². The largest absolute Gasteiger partial charge is 0.393 e. The first-order valence-corrected chi connectivity index (χ1v) is 5.03. The van der Waals surface area contributed by atoms with Gasteiger partial charge in [-0.1, -0.05) is 0 Å². The number of hydrogen-bond donors (Lipinski definition) is 0. The lowest BCUT2D eigenvalue weighted by molar-refractivity contribution is -0.172. The maximum Gasteiger partial charge on any atom is 0.321 e. The standard InChI is InChI=1S/C10H8O6/c11-6-3-10(9(14)15-6)2-4-1-5(10)8(13)16-7(4)12/h4-5H,1-3H2/t4-,5-,10+/m1/s1. The number of fused-ring (bicyclic) bond motifs is 3. The Morgan fingerprint density at radius 1 is 1.06 bits per heavy atom. The van der Waals surface area contributed by atoms with Crippen molar-refractivity contribution < 1.29 is 28.7 Å². The highest BCUT2D eigenvalue weighted by Gasteiger charge is 2.65. The van der Waals surface area contributed by atoms with Crippen LogP contribution in [0.15, 0.2) is 0 Å². The molecule has 1 spiro atoms. The second-order valence-corrected chi connectivity index (χ2v) is 4.52. The molecule has 3 atom stereocenters. The van der Waals surface area contributed by atoms with E-state index < -0.39 is 41.1 Å². The molecule has 0 aromatic carbocycles. The van der Waals surface area contributed by atoms with E-state index in [4.69, 9.17) is 0 Å². The molecule has 3 rings (SSSR count). The zero-order valence-corrected chi connectivity index (χ0v) is 8.23. The Morgan fingerprint density at radius 2 is 1.81 bits per heavy atom. The SMILES string of the molecule is O=C1C[C@]2(C[C@H]3C[C@@H]2C(=O)OC3=O)C(=O)O1. The van der Waals surface area contributed by atoms with Crippen LogP contribution in [0, 0.1) is 17.3 Å².